The van der Waals surface area contributed by atoms with Gasteiger partial charge >= 0.3 is 0 Å². The van der Waals surface area contributed by atoms with Gasteiger partial charge in [0.25, 0.3) is 0 Å². The molecule has 0 radical (unpaired) electrons. The molecule has 4 heteroatoms. The van der Waals surface area contributed by atoms with Crippen LogP contribution in [0.2, 0.25) is 0 Å². The van der Waals surface area contributed by atoms with Crippen molar-refractivity contribution in [2.24, 2.45) is 11.7 Å². The first kappa shape index (κ1) is 15.2. The second-order valence-electron chi connectivity index (χ2n) is 4.58. The summed E-state index contributed by atoms with van der Waals surface area (Å²) in [6, 6.07) is 7.69. The normalized spacial score (nSPS) is 14.0. The quantitative estimate of drug-likeness (QED) is 0.848. The third kappa shape index (κ3) is 4.78. The molecule has 0 saturated heterocycles. The first-order valence-corrected chi connectivity index (χ1v) is 7.11. The van der Waals surface area contributed by atoms with Gasteiger partial charge in [0.15, 0.2) is 0 Å². The van der Waals surface area contributed by atoms with E-state index >= 15 is 0 Å². The Kier molecular flexibility index (Phi) is 6.36. The highest BCUT2D eigenvalue weighted by atomic mass is 79.9. The zero-order valence-electron chi connectivity index (χ0n) is 10.9. The first-order valence-electron chi connectivity index (χ1n) is 6.32. The molecule has 1 aromatic carbocycles. The molecule has 18 heavy (non-hydrogen) atoms. The molecule has 0 spiro atoms. The van der Waals surface area contributed by atoms with E-state index in [1.54, 1.807) is 0 Å². The Balaban J connectivity index is 2.33. The van der Waals surface area contributed by atoms with Crippen molar-refractivity contribution in [3.63, 3.8) is 0 Å². The number of amides is 1. The van der Waals surface area contributed by atoms with Crippen LogP contribution in [-0.2, 0) is 11.2 Å². The molecule has 0 aliphatic carbocycles. The van der Waals surface area contributed by atoms with E-state index in [1.807, 2.05) is 38.1 Å². The summed E-state index contributed by atoms with van der Waals surface area (Å²) in [5.41, 5.74) is 7.06. The van der Waals surface area contributed by atoms with Crippen molar-refractivity contribution < 1.29 is 4.79 Å². The van der Waals surface area contributed by atoms with Gasteiger partial charge in [0.1, 0.15) is 0 Å². The number of carbonyl (C=O) groups excluding carboxylic acids is 1. The summed E-state index contributed by atoms with van der Waals surface area (Å²) in [5.74, 6) is 0.166. The van der Waals surface area contributed by atoms with Crippen molar-refractivity contribution in [3.8, 4) is 0 Å². The fourth-order valence-electron chi connectivity index (χ4n) is 1.61. The molecule has 3 nitrogen and oxygen atoms in total. The Bertz CT molecular complexity index is 378. The smallest absolute Gasteiger partial charge is 0.237 e. The van der Waals surface area contributed by atoms with E-state index in [4.69, 9.17) is 5.73 Å². The second-order valence-corrected chi connectivity index (χ2v) is 5.49. The fraction of sp³-hybridized carbons (Fsp3) is 0.500. The molecule has 0 bridgehead atoms. The summed E-state index contributed by atoms with van der Waals surface area (Å²) in [7, 11) is 0. The van der Waals surface area contributed by atoms with E-state index in [-0.39, 0.29) is 11.8 Å². The summed E-state index contributed by atoms with van der Waals surface area (Å²) >= 11 is 3.39. The highest BCUT2D eigenvalue weighted by Gasteiger charge is 2.18. The number of nitrogens with one attached hydrogen (secondary N) is 1. The maximum atomic E-state index is 11.7. The zero-order valence-corrected chi connectivity index (χ0v) is 12.5. The molecular formula is C14H21BrN2O. The molecule has 1 amide bonds. The maximum absolute atomic E-state index is 11.7. The van der Waals surface area contributed by atoms with Crippen LogP contribution in [0.1, 0.15) is 25.8 Å². The van der Waals surface area contributed by atoms with Crippen LogP contribution in [0.5, 0.6) is 0 Å². The molecule has 0 saturated carbocycles. The van der Waals surface area contributed by atoms with E-state index in [0.29, 0.717) is 6.54 Å². The molecule has 100 valence electrons. The number of hydrogen-bond donors (Lipinski definition) is 2. The average Bonchev–Trinajstić information content (AvgIpc) is 2.39. The zero-order chi connectivity index (χ0) is 13.5. The predicted octanol–water partition coefficient (Wildman–Crippen LogP) is 2.48. The summed E-state index contributed by atoms with van der Waals surface area (Å²) in [4.78, 5) is 11.7. The van der Waals surface area contributed by atoms with E-state index in [9.17, 15) is 4.79 Å². The van der Waals surface area contributed by atoms with Gasteiger partial charge in [0.05, 0.1) is 6.04 Å². The van der Waals surface area contributed by atoms with Gasteiger partial charge in [-0.05, 0) is 30.0 Å². The second kappa shape index (κ2) is 7.54. The first-order chi connectivity index (χ1) is 8.54. The summed E-state index contributed by atoms with van der Waals surface area (Å²) < 4.78 is 1.06. The highest BCUT2D eigenvalue weighted by molar-refractivity contribution is 9.10. The Morgan fingerprint density at radius 3 is 2.56 bits per heavy atom. The van der Waals surface area contributed by atoms with Gasteiger partial charge < -0.3 is 11.1 Å². The third-order valence-corrected chi connectivity index (χ3v) is 3.71. The molecule has 0 fully saturated rings. The number of benzene rings is 1. The number of halogens is 1. The lowest BCUT2D eigenvalue weighted by Crippen LogP contribution is -2.45. The largest absolute Gasteiger partial charge is 0.354 e. The SMILES string of the molecule is CCC(C)C(N)C(=O)NCCc1ccc(Br)cc1. The molecule has 2 unspecified atom stereocenters. The van der Waals surface area contributed by atoms with Gasteiger partial charge in [-0.3, -0.25) is 4.79 Å². The van der Waals surface area contributed by atoms with Crippen molar-refractivity contribution in [2.45, 2.75) is 32.7 Å². The molecule has 2 atom stereocenters. The van der Waals surface area contributed by atoms with Gasteiger partial charge in [-0.2, -0.15) is 0 Å². The van der Waals surface area contributed by atoms with Crippen LogP contribution in [0.3, 0.4) is 0 Å². The van der Waals surface area contributed by atoms with Crippen molar-refractivity contribution in [2.75, 3.05) is 6.54 Å². The van der Waals surface area contributed by atoms with Gasteiger partial charge in [-0.15, -0.1) is 0 Å². The van der Waals surface area contributed by atoms with Crippen LogP contribution in [0.15, 0.2) is 28.7 Å². The van der Waals surface area contributed by atoms with Gasteiger partial charge in [-0.1, -0.05) is 48.3 Å². The molecule has 1 rings (SSSR count). The molecule has 0 aliphatic heterocycles. The lowest BCUT2D eigenvalue weighted by atomic mass is 9.99. The number of carbonyl (C=O) groups is 1. The van der Waals surface area contributed by atoms with Crippen LogP contribution in [0, 0.1) is 5.92 Å². The Hall–Kier alpha value is -0.870. The van der Waals surface area contributed by atoms with Crippen LogP contribution in [0.4, 0.5) is 0 Å². The summed E-state index contributed by atoms with van der Waals surface area (Å²) in [5, 5.41) is 2.89. The number of nitrogens with two attached hydrogens (primary N) is 1. The monoisotopic (exact) mass is 312 g/mol. The predicted molar refractivity (Wildman–Crippen MR) is 78.3 cm³/mol. The van der Waals surface area contributed by atoms with E-state index in [1.165, 1.54) is 5.56 Å². The van der Waals surface area contributed by atoms with Crippen LogP contribution >= 0.6 is 15.9 Å². The number of hydrogen-bond acceptors (Lipinski definition) is 2. The van der Waals surface area contributed by atoms with Crippen molar-refractivity contribution in [3.05, 3.63) is 34.3 Å². The molecule has 0 aliphatic rings. The molecule has 3 N–H and O–H groups in total. The maximum Gasteiger partial charge on any atom is 0.237 e. The molecule has 0 aromatic heterocycles. The highest BCUT2D eigenvalue weighted by Crippen LogP contribution is 2.10. The molecule has 1 aromatic rings. The Labute approximate surface area is 117 Å². The van der Waals surface area contributed by atoms with E-state index in [0.717, 1.165) is 17.3 Å². The van der Waals surface area contributed by atoms with Crippen LogP contribution in [0.25, 0.3) is 0 Å². The van der Waals surface area contributed by atoms with Gasteiger partial charge in [0, 0.05) is 11.0 Å². The van der Waals surface area contributed by atoms with E-state index < -0.39 is 6.04 Å². The van der Waals surface area contributed by atoms with E-state index in [2.05, 4.69) is 21.2 Å². The number of rotatable bonds is 6. The van der Waals surface area contributed by atoms with Gasteiger partial charge in [-0.25, -0.2) is 0 Å². The topological polar surface area (TPSA) is 55.1 Å². The minimum atomic E-state index is -0.403. The Morgan fingerprint density at radius 2 is 2.00 bits per heavy atom. The van der Waals surface area contributed by atoms with Gasteiger partial charge in [0.2, 0.25) is 5.91 Å². The minimum Gasteiger partial charge on any atom is -0.354 e. The van der Waals surface area contributed by atoms with Crippen molar-refractivity contribution in [1.82, 2.24) is 5.32 Å². The summed E-state index contributed by atoms with van der Waals surface area (Å²) in [6.45, 7) is 4.67. The van der Waals surface area contributed by atoms with Crippen LogP contribution in [-0.4, -0.2) is 18.5 Å². The average molecular weight is 313 g/mol. The lowest BCUT2D eigenvalue weighted by molar-refractivity contribution is -0.123. The third-order valence-electron chi connectivity index (χ3n) is 3.19. The molecular weight excluding hydrogens is 292 g/mol. The lowest BCUT2D eigenvalue weighted by Gasteiger charge is -2.17. The summed E-state index contributed by atoms with van der Waals surface area (Å²) in [6.07, 6.45) is 1.74. The van der Waals surface area contributed by atoms with Crippen LogP contribution < -0.4 is 11.1 Å². The minimum absolute atomic E-state index is 0.0542. The standard InChI is InChI=1S/C14H21BrN2O/c1-3-10(2)13(16)14(18)17-9-8-11-4-6-12(15)7-5-11/h4-7,10,13H,3,8-9,16H2,1-2H3,(H,17,18). The Morgan fingerprint density at radius 1 is 1.39 bits per heavy atom. The fourth-order valence-corrected chi connectivity index (χ4v) is 1.88. The van der Waals surface area contributed by atoms with Crippen molar-refractivity contribution in [1.29, 1.82) is 0 Å². The molecule has 0 heterocycles. The van der Waals surface area contributed by atoms with Crippen molar-refractivity contribution >= 4 is 21.8 Å².